The Labute approximate surface area is 138 Å². The number of rotatable bonds is 4. The first-order valence-corrected chi connectivity index (χ1v) is 7.84. The van der Waals surface area contributed by atoms with Crippen molar-refractivity contribution in [2.45, 2.75) is 52.7 Å². The third-order valence-electron chi connectivity index (χ3n) is 4.55. The first-order chi connectivity index (χ1) is 10.6. The Morgan fingerprint density at radius 1 is 1.17 bits per heavy atom. The Balaban J connectivity index is 2.40. The van der Waals surface area contributed by atoms with E-state index in [1.54, 1.807) is 13.0 Å². The molecule has 126 valence electrons. The molecule has 0 aromatic heterocycles. The minimum atomic E-state index is -0.496. The third-order valence-corrected chi connectivity index (χ3v) is 4.55. The molecule has 5 nitrogen and oxygen atoms in total. The lowest BCUT2D eigenvalue weighted by molar-refractivity contribution is 0.00578. The van der Waals surface area contributed by atoms with Gasteiger partial charge < -0.3 is 18.8 Å². The molecule has 1 aromatic rings. The molecule has 0 bridgehead atoms. The van der Waals surface area contributed by atoms with Crippen molar-refractivity contribution in [2.24, 2.45) is 0 Å². The lowest BCUT2D eigenvalue weighted by Gasteiger charge is -2.32. The highest BCUT2D eigenvalue weighted by molar-refractivity contribution is 6.62. The zero-order valence-corrected chi connectivity index (χ0v) is 15.0. The highest BCUT2D eigenvalue weighted by Gasteiger charge is 2.51. The summed E-state index contributed by atoms with van der Waals surface area (Å²) in [5.74, 6) is 0.0791. The number of benzene rings is 1. The van der Waals surface area contributed by atoms with Crippen LogP contribution < -0.4 is 10.2 Å². The summed E-state index contributed by atoms with van der Waals surface area (Å²) < 4.78 is 22.6. The van der Waals surface area contributed by atoms with E-state index >= 15 is 0 Å². The van der Waals surface area contributed by atoms with Crippen LogP contribution in [0.5, 0.6) is 5.75 Å². The molecule has 0 amide bonds. The number of carbonyl (C=O) groups is 1. The molecule has 0 saturated carbocycles. The topological polar surface area (TPSA) is 54.0 Å². The second kappa shape index (κ2) is 6.17. The van der Waals surface area contributed by atoms with Crippen molar-refractivity contribution in [1.82, 2.24) is 0 Å². The average Bonchev–Trinajstić information content (AvgIpc) is 2.66. The van der Waals surface area contributed by atoms with Gasteiger partial charge in [0, 0.05) is 0 Å². The van der Waals surface area contributed by atoms with E-state index in [0.717, 1.165) is 11.0 Å². The molecule has 0 radical (unpaired) electrons. The van der Waals surface area contributed by atoms with Gasteiger partial charge in [0.1, 0.15) is 11.3 Å². The van der Waals surface area contributed by atoms with Crippen molar-refractivity contribution in [2.75, 3.05) is 13.7 Å². The first-order valence-electron chi connectivity index (χ1n) is 7.84. The van der Waals surface area contributed by atoms with Gasteiger partial charge in [0.2, 0.25) is 0 Å². The molecule has 1 aliphatic heterocycles. The summed E-state index contributed by atoms with van der Waals surface area (Å²) in [4.78, 5) is 12.1. The monoisotopic (exact) mass is 320 g/mol. The van der Waals surface area contributed by atoms with Gasteiger partial charge in [-0.25, -0.2) is 4.79 Å². The van der Waals surface area contributed by atoms with E-state index in [0.29, 0.717) is 17.9 Å². The zero-order valence-electron chi connectivity index (χ0n) is 15.0. The van der Waals surface area contributed by atoms with Gasteiger partial charge in [0.15, 0.2) is 0 Å². The molecule has 1 saturated heterocycles. The highest BCUT2D eigenvalue weighted by Crippen LogP contribution is 2.37. The Morgan fingerprint density at radius 3 is 2.22 bits per heavy atom. The largest absolute Gasteiger partial charge is 0.496 e. The maximum atomic E-state index is 12.1. The van der Waals surface area contributed by atoms with Crippen LogP contribution in [0.1, 0.15) is 50.5 Å². The molecule has 2 rings (SSSR count). The lowest BCUT2D eigenvalue weighted by Crippen LogP contribution is -2.41. The van der Waals surface area contributed by atoms with Crippen LogP contribution >= 0.6 is 0 Å². The highest BCUT2D eigenvalue weighted by atomic mass is 16.7. The number of hydrogen-bond donors (Lipinski definition) is 0. The van der Waals surface area contributed by atoms with Crippen molar-refractivity contribution in [3.8, 4) is 5.75 Å². The third kappa shape index (κ3) is 3.24. The quantitative estimate of drug-likeness (QED) is 0.630. The lowest BCUT2D eigenvalue weighted by atomic mass is 9.77. The van der Waals surface area contributed by atoms with Crippen molar-refractivity contribution in [3.05, 3.63) is 23.3 Å². The van der Waals surface area contributed by atoms with Crippen molar-refractivity contribution < 1.29 is 23.6 Å². The SMILES string of the molecule is CCOC(=O)c1c(C)cc(B2OC(C)(C)C(C)(C)O2)cc1OC. The van der Waals surface area contributed by atoms with E-state index in [2.05, 4.69) is 0 Å². The summed E-state index contributed by atoms with van der Waals surface area (Å²) in [6.07, 6.45) is 0. The molecule has 0 atom stereocenters. The van der Waals surface area contributed by atoms with E-state index in [4.69, 9.17) is 18.8 Å². The minimum absolute atomic E-state index is 0.320. The van der Waals surface area contributed by atoms with E-state index in [-0.39, 0.29) is 5.97 Å². The Morgan fingerprint density at radius 2 is 1.74 bits per heavy atom. The van der Waals surface area contributed by atoms with E-state index < -0.39 is 18.3 Å². The van der Waals surface area contributed by atoms with E-state index in [9.17, 15) is 4.79 Å². The number of carbonyl (C=O) groups excluding carboxylic acids is 1. The minimum Gasteiger partial charge on any atom is -0.496 e. The normalized spacial score (nSPS) is 18.8. The van der Waals surface area contributed by atoms with Gasteiger partial charge >= 0.3 is 13.1 Å². The Hall–Kier alpha value is -1.53. The number of hydrogen-bond acceptors (Lipinski definition) is 5. The summed E-state index contributed by atoms with van der Waals surface area (Å²) in [5.41, 5.74) is 1.20. The van der Waals surface area contributed by atoms with E-state index in [1.807, 2.05) is 40.7 Å². The molecule has 0 aliphatic carbocycles. The van der Waals surface area contributed by atoms with Crippen LogP contribution in [0, 0.1) is 6.92 Å². The van der Waals surface area contributed by atoms with Gasteiger partial charge in [0.25, 0.3) is 0 Å². The van der Waals surface area contributed by atoms with Gasteiger partial charge in [-0.3, -0.25) is 0 Å². The fourth-order valence-electron chi connectivity index (χ4n) is 2.52. The van der Waals surface area contributed by atoms with Crippen LogP contribution in [0.3, 0.4) is 0 Å². The number of aryl methyl sites for hydroxylation is 1. The Kier molecular flexibility index (Phi) is 4.78. The van der Waals surface area contributed by atoms with Crippen molar-refractivity contribution >= 4 is 18.6 Å². The standard InChI is InChI=1S/C17H25BO5/c1-8-21-15(19)14-11(2)9-12(10-13(14)20-7)18-22-16(3,4)17(5,6)23-18/h9-10H,8H2,1-7H3. The molecule has 1 fully saturated rings. The van der Waals surface area contributed by atoms with Crippen molar-refractivity contribution in [1.29, 1.82) is 0 Å². The van der Waals surface area contributed by atoms with Crippen LogP contribution in [-0.2, 0) is 14.0 Å². The summed E-state index contributed by atoms with van der Waals surface area (Å²) in [6.45, 7) is 12.0. The molecule has 6 heteroatoms. The molecule has 23 heavy (non-hydrogen) atoms. The predicted octanol–water partition coefficient (Wildman–Crippen LogP) is 2.48. The van der Waals surface area contributed by atoms with Gasteiger partial charge in [-0.05, 0) is 58.6 Å². The Bertz CT molecular complexity index is 593. The molecular weight excluding hydrogens is 295 g/mol. The van der Waals surface area contributed by atoms with E-state index in [1.165, 1.54) is 7.11 Å². The fourth-order valence-corrected chi connectivity index (χ4v) is 2.52. The van der Waals surface area contributed by atoms with Gasteiger partial charge in [0.05, 0.1) is 24.9 Å². The van der Waals surface area contributed by atoms with Crippen LogP contribution in [0.25, 0.3) is 0 Å². The molecule has 0 N–H and O–H groups in total. The smallest absolute Gasteiger partial charge is 0.494 e. The van der Waals surface area contributed by atoms with Crippen LogP contribution in [0.2, 0.25) is 0 Å². The number of ether oxygens (including phenoxy) is 2. The molecule has 0 unspecified atom stereocenters. The van der Waals surface area contributed by atoms with Crippen molar-refractivity contribution in [3.63, 3.8) is 0 Å². The maximum Gasteiger partial charge on any atom is 0.494 e. The first kappa shape index (κ1) is 17.8. The summed E-state index contributed by atoms with van der Waals surface area (Å²) in [7, 11) is 1.04. The fraction of sp³-hybridized carbons (Fsp3) is 0.588. The van der Waals surface area contributed by atoms with Crippen LogP contribution in [0.4, 0.5) is 0 Å². The average molecular weight is 320 g/mol. The van der Waals surface area contributed by atoms with Crippen LogP contribution in [0.15, 0.2) is 12.1 Å². The van der Waals surface area contributed by atoms with Gasteiger partial charge in [-0.2, -0.15) is 0 Å². The maximum absolute atomic E-state index is 12.1. The molecule has 1 aliphatic rings. The summed E-state index contributed by atoms with van der Waals surface area (Å²) >= 11 is 0. The second-order valence-corrected chi connectivity index (χ2v) is 6.72. The molecule has 1 heterocycles. The molecule has 1 aromatic carbocycles. The summed E-state index contributed by atoms with van der Waals surface area (Å²) in [6, 6.07) is 3.66. The second-order valence-electron chi connectivity index (χ2n) is 6.72. The predicted molar refractivity (Wildman–Crippen MR) is 89.4 cm³/mol. The number of methoxy groups -OCH3 is 1. The molecular formula is C17H25BO5. The zero-order chi connectivity index (χ0) is 17.4. The summed E-state index contributed by atoms with van der Waals surface area (Å²) in [5, 5.41) is 0. The van der Waals surface area contributed by atoms with Gasteiger partial charge in [-0.15, -0.1) is 0 Å². The van der Waals surface area contributed by atoms with Crippen LogP contribution in [-0.4, -0.2) is 38.0 Å². The molecule has 0 spiro atoms. The number of esters is 1. The van der Waals surface area contributed by atoms with Gasteiger partial charge in [-0.1, -0.05) is 6.07 Å².